The van der Waals surface area contributed by atoms with Gasteiger partial charge in [-0.1, -0.05) is 13.8 Å². The van der Waals surface area contributed by atoms with Gasteiger partial charge in [-0.25, -0.2) is 0 Å². The van der Waals surface area contributed by atoms with Crippen molar-refractivity contribution in [1.29, 1.82) is 0 Å². The van der Waals surface area contributed by atoms with E-state index in [1.807, 2.05) is 0 Å². The molecule has 8 nitrogen and oxygen atoms in total. The molecule has 0 aliphatic rings. The molecule has 0 saturated carbocycles. The number of benzene rings is 2. The van der Waals surface area contributed by atoms with Crippen LogP contribution in [0.1, 0.15) is 30.6 Å². The molecule has 0 aromatic heterocycles. The van der Waals surface area contributed by atoms with Crippen LogP contribution in [-0.4, -0.2) is 27.7 Å². The number of phenols is 1. The van der Waals surface area contributed by atoms with Crippen LogP contribution in [0.2, 0.25) is 0 Å². The van der Waals surface area contributed by atoms with Gasteiger partial charge in [0.15, 0.2) is 5.11 Å². The summed E-state index contributed by atoms with van der Waals surface area (Å²) >= 11 is 8.46. The van der Waals surface area contributed by atoms with Gasteiger partial charge < -0.3 is 15.2 Å². The Balaban J connectivity index is 1.98. The van der Waals surface area contributed by atoms with E-state index in [1.54, 1.807) is 18.2 Å². The molecule has 0 radical (unpaired) electrons. The minimum atomic E-state index is -0.627. The summed E-state index contributed by atoms with van der Waals surface area (Å²) < 4.78 is 6.33. The molecule has 0 bridgehead atoms. The Labute approximate surface area is 181 Å². The molecule has 0 heterocycles. The number of thiocarbonyl (C=S) groups is 1. The molecule has 0 aliphatic carbocycles. The highest BCUT2D eigenvalue weighted by molar-refractivity contribution is 9.10. The molecule has 0 aliphatic heterocycles. The molecule has 2 aromatic carbocycles. The van der Waals surface area contributed by atoms with Gasteiger partial charge >= 0.3 is 0 Å². The maximum atomic E-state index is 12.4. The average Bonchev–Trinajstić information content (AvgIpc) is 2.64. The molecular weight excluding hydrogens is 462 g/mol. The van der Waals surface area contributed by atoms with Crippen LogP contribution in [0.25, 0.3) is 0 Å². The van der Waals surface area contributed by atoms with Crippen molar-refractivity contribution < 1.29 is 19.6 Å². The van der Waals surface area contributed by atoms with E-state index in [0.29, 0.717) is 28.3 Å². The lowest BCUT2D eigenvalue weighted by Gasteiger charge is -2.12. The first-order chi connectivity index (χ1) is 13.7. The largest absolute Gasteiger partial charge is 0.506 e. The Kier molecular flexibility index (Phi) is 7.91. The quantitative estimate of drug-likeness (QED) is 0.229. The zero-order valence-electron chi connectivity index (χ0n) is 15.8. The smallest absolute Gasteiger partial charge is 0.273 e. The summed E-state index contributed by atoms with van der Waals surface area (Å²) in [5, 5.41) is 25.6. The molecule has 0 saturated heterocycles. The Bertz CT molecular complexity index is 936. The maximum absolute atomic E-state index is 12.4. The van der Waals surface area contributed by atoms with Crippen molar-refractivity contribution in [2.45, 2.75) is 20.3 Å². The summed E-state index contributed by atoms with van der Waals surface area (Å²) in [5.41, 5.74) is 0.227. The lowest BCUT2D eigenvalue weighted by molar-refractivity contribution is -0.384. The number of nitro groups is 1. The topological polar surface area (TPSA) is 114 Å². The molecule has 0 atom stereocenters. The van der Waals surface area contributed by atoms with Crippen molar-refractivity contribution in [2.75, 3.05) is 11.9 Å². The van der Waals surface area contributed by atoms with Crippen molar-refractivity contribution in [3.05, 3.63) is 56.5 Å². The summed E-state index contributed by atoms with van der Waals surface area (Å²) in [6.45, 7) is 4.80. The van der Waals surface area contributed by atoms with Crippen molar-refractivity contribution in [1.82, 2.24) is 5.32 Å². The van der Waals surface area contributed by atoms with Gasteiger partial charge in [-0.2, -0.15) is 0 Å². The number of nitro benzene ring substituents is 1. The third-order valence-corrected chi connectivity index (χ3v) is 4.64. The van der Waals surface area contributed by atoms with Crippen LogP contribution in [0.4, 0.5) is 11.4 Å². The number of carbonyl (C=O) groups excluding carboxylic acids is 1. The number of nitrogens with one attached hydrogen (secondary N) is 2. The van der Waals surface area contributed by atoms with Gasteiger partial charge in [0.1, 0.15) is 11.5 Å². The summed E-state index contributed by atoms with van der Waals surface area (Å²) in [7, 11) is 0. The number of nitrogens with zero attached hydrogens (tertiary/aromatic N) is 1. The number of hydrogen-bond acceptors (Lipinski definition) is 6. The fourth-order valence-corrected chi connectivity index (χ4v) is 2.93. The van der Waals surface area contributed by atoms with Gasteiger partial charge in [-0.15, -0.1) is 0 Å². The Hall–Kier alpha value is -2.72. The first kappa shape index (κ1) is 22.6. The first-order valence-corrected chi connectivity index (χ1v) is 9.89. The number of hydrogen-bond donors (Lipinski definition) is 3. The summed E-state index contributed by atoms with van der Waals surface area (Å²) in [6, 6.07) is 8.41. The minimum Gasteiger partial charge on any atom is -0.506 e. The second-order valence-electron chi connectivity index (χ2n) is 6.54. The van der Waals surface area contributed by atoms with E-state index in [9.17, 15) is 20.0 Å². The van der Waals surface area contributed by atoms with Gasteiger partial charge in [0.2, 0.25) is 0 Å². The first-order valence-electron chi connectivity index (χ1n) is 8.69. The number of non-ortho nitro benzene ring substituents is 1. The van der Waals surface area contributed by atoms with Crippen molar-refractivity contribution in [2.24, 2.45) is 5.92 Å². The standard InChI is InChI=1S/C19H20BrN3O5S/c1-11(2)7-8-28-17-6-3-12(9-14(17)20)18(25)22-19(29)21-15-5-4-13(23(26)27)10-16(15)24/h3-6,9-11,24H,7-8H2,1-2H3,(H2,21,22,25,29). The summed E-state index contributed by atoms with van der Waals surface area (Å²) in [6.07, 6.45) is 0.921. The van der Waals surface area contributed by atoms with E-state index in [-0.39, 0.29) is 22.2 Å². The van der Waals surface area contributed by atoms with Crippen LogP contribution >= 0.6 is 28.1 Å². The molecular formula is C19H20BrN3O5S. The summed E-state index contributed by atoms with van der Waals surface area (Å²) in [5.74, 6) is 0.348. The second-order valence-corrected chi connectivity index (χ2v) is 7.81. The number of halogens is 1. The number of carbonyl (C=O) groups is 1. The van der Waals surface area contributed by atoms with Gasteiger partial charge in [-0.3, -0.25) is 20.2 Å². The Morgan fingerprint density at radius 1 is 1.31 bits per heavy atom. The van der Waals surface area contributed by atoms with E-state index >= 15 is 0 Å². The highest BCUT2D eigenvalue weighted by atomic mass is 79.9. The number of amides is 1. The van der Waals surface area contributed by atoms with E-state index in [4.69, 9.17) is 17.0 Å². The van der Waals surface area contributed by atoms with Crippen LogP contribution in [0.3, 0.4) is 0 Å². The predicted octanol–water partition coefficient (Wildman–Crippen LogP) is 4.61. The normalized spacial score (nSPS) is 10.5. The predicted molar refractivity (Wildman–Crippen MR) is 118 cm³/mol. The third-order valence-electron chi connectivity index (χ3n) is 3.81. The van der Waals surface area contributed by atoms with E-state index in [0.717, 1.165) is 12.5 Å². The van der Waals surface area contributed by atoms with Crippen LogP contribution in [0, 0.1) is 16.0 Å². The third kappa shape index (κ3) is 6.68. The van der Waals surface area contributed by atoms with Crippen LogP contribution in [0.5, 0.6) is 11.5 Å². The SMILES string of the molecule is CC(C)CCOc1ccc(C(=O)NC(=S)Nc2ccc([N+](=O)[O-])cc2O)cc1Br. The molecule has 10 heteroatoms. The number of aromatic hydroxyl groups is 1. The molecule has 3 N–H and O–H groups in total. The molecule has 0 unspecified atom stereocenters. The number of phenolic OH excluding ortho intramolecular Hbond substituents is 1. The van der Waals surface area contributed by atoms with Crippen molar-refractivity contribution in [3.8, 4) is 11.5 Å². The average molecular weight is 482 g/mol. The number of ether oxygens (including phenoxy) is 1. The molecule has 154 valence electrons. The lowest BCUT2D eigenvalue weighted by Crippen LogP contribution is -2.34. The summed E-state index contributed by atoms with van der Waals surface area (Å²) in [4.78, 5) is 22.5. The highest BCUT2D eigenvalue weighted by Crippen LogP contribution is 2.28. The number of anilines is 1. The minimum absolute atomic E-state index is 0.0625. The van der Waals surface area contributed by atoms with Crippen molar-refractivity contribution >= 4 is 50.5 Å². The molecule has 2 aromatic rings. The molecule has 0 fully saturated rings. The van der Waals surface area contributed by atoms with Crippen LogP contribution in [0.15, 0.2) is 40.9 Å². The second kappa shape index (κ2) is 10.2. The van der Waals surface area contributed by atoms with E-state index in [2.05, 4.69) is 40.4 Å². The molecule has 0 spiro atoms. The number of rotatable bonds is 7. The van der Waals surface area contributed by atoms with E-state index < -0.39 is 10.8 Å². The molecule has 29 heavy (non-hydrogen) atoms. The fourth-order valence-electron chi connectivity index (χ4n) is 2.23. The van der Waals surface area contributed by atoms with Crippen LogP contribution in [-0.2, 0) is 0 Å². The maximum Gasteiger partial charge on any atom is 0.273 e. The van der Waals surface area contributed by atoms with Gasteiger partial charge in [0.05, 0.1) is 27.8 Å². The Morgan fingerprint density at radius 3 is 2.62 bits per heavy atom. The highest BCUT2D eigenvalue weighted by Gasteiger charge is 2.14. The van der Waals surface area contributed by atoms with Gasteiger partial charge in [0, 0.05) is 11.6 Å². The Morgan fingerprint density at radius 2 is 2.03 bits per heavy atom. The zero-order chi connectivity index (χ0) is 21.6. The van der Waals surface area contributed by atoms with Gasteiger partial charge in [-0.05, 0) is 64.8 Å². The molecule has 2 rings (SSSR count). The molecule has 1 amide bonds. The van der Waals surface area contributed by atoms with Gasteiger partial charge in [0.25, 0.3) is 11.6 Å². The van der Waals surface area contributed by atoms with Crippen LogP contribution < -0.4 is 15.4 Å². The zero-order valence-corrected chi connectivity index (χ0v) is 18.2. The van der Waals surface area contributed by atoms with Crippen molar-refractivity contribution in [3.63, 3.8) is 0 Å². The lowest BCUT2D eigenvalue weighted by atomic mass is 10.1. The van der Waals surface area contributed by atoms with E-state index in [1.165, 1.54) is 12.1 Å². The monoisotopic (exact) mass is 481 g/mol. The fraction of sp³-hybridized carbons (Fsp3) is 0.263.